The maximum absolute atomic E-state index is 4.44. The lowest BCUT2D eigenvalue weighted by Gasteiger charge is -2.15. The van der Waals surface area contributed by atoms with E-state index in [1.54, 1.807) is 0 Å². The summed E-state index contributed by atoms with van der Waals surface area (Å²) in [5.41, 5.74) is 3.63. The summed E-state index contributed by atoms with van der Waals surface area (Å²) >= 11 is 0. The van der Waals surface area contributed by atoms with E-state index in [0.717, 1.165) is 18.7 Å². The third-order valence-electron chi connectivity index (χ3n) is 3.24. The lowest BCUT2D eigenvalue weighted by Crippen LogP contribution is -2.21. The normalized spacial score (nSPS) is 12.6. The number of aryl methyl sites for hydroxylation is 2. The van der Waals surface area contributed by atoms with E-state index in [-0.39, 0.29) is 6.04 Å². The molecule has 1 atom stereocenters. The van der Waals surface area contributed by atoms with Crippen molar-refractivity contribution in [1.29, 1.82) is 0 Å². The monoisotopic (exact) mass is 244 g/mol. The van der Waals surface area contributed by atoms with E-state index >= 15 is 0 Å². The van der Waals surface area contributed by atoms with Crippen molar-refractivity contribution in [1.82, 2.24) is 20.1 Å². The molecule has 2 aromatic rings. The molecule has 96 valence electrons. The van der Waals surface area contributed by atoms with E-state index in [0.29, 0.717) is 0 Å². The molecule has 4 nitrogen and oxygen atoms in total. The molecule has 1 N–H and O–H groups in total. The van der Waals surface area contributed by atoms with Crippen LogP contribution in [-0.2, 0) is 20.0 Å². The SMILES string of the molecule is CCc1cccnc1CNC(C)c1ccnn1C. The second kappa shape index (κ2) is 5.78. The van der Waals surface area contributed by atoms with Crippen molar-refractivity contribution < 1.29 is 0 Å². The van der Waals surface area contributed by atoms with Crippen LogP contribution in [-0.4, -0.2) is 14.8 Å². The van der Waals surface area contributed by atoms with Gasteiger partial charge in [-0.1, -0.05) is 13.0 Å². The molecule has 2 heterocycles. The van der Waals surface area contributed by atoms with E-state index < -0.39 is 0 Å². The first-order valence-corrected chi connectivity index (χ1v) is 6.36. The number of nitrogens with one attached hydrogen (secondary N) is 1. The molecular weight excluding hydrogens is 224 g/mol. The average Bonchev–Trinajstić information content (AvgIpc) is 2.82. The van der Waals surface area contributed by atoms with Crippen LogP contribution in [0.15, 0.2) is 30.6 Å². The third kappa shape index (κ3) is 2.76. The van der Waals surface area contributed by atoms with E-state index in [2.05, 4.69) is 35.3 Å². The first kappa shape index (κ1) is 12.8. The van der Waals surface area contributed by atoms with Crippen LogP contribution in [0.1, 0.15) is 36.8 Å². The molecule has 0 aliphatic rings. The number of pyridine rings is 1. The van der Waals surface area contributed by atoms with Crippen LogP contribution in [0.2, 0.25) is 0 Å². The zero-order valence-corrected chi connectivity index (χ0v) is 11.2. The number of rotatable bonds is 5. The molecule has 0 saturated carbocycles. The fourth-order valence-electron chi connectivity index (χ4n) is 2.12. The lowest BCUT2D eigenvalue weighted by atomic mass is 10.1. The zero-order chi connectivity index (χ0) is 13.0. The van der Waals surface area contributed by atoms with Gasteiger partial charge in [0.2, 0.25) is 0 Å². The van der Waals surface area contributed by atoms with Crippen LogP contribution in [0.25, 0.3) is 0 Å². The minimum absolute atomic E-state index is 0.268. The minimum Gasteiger partial charge on any atom is -0.303 e. The number of nitrogens with zero attached hydrogens (tertiary/aromatic N) is 3. The van der Waals surface area contributed by atoms with Crippen LogP contribution in [0.4, 0.5) is 0 Å². The summed E-state index contributed by atoms with van der Waals surface area (Å²) in [6.45, 7) is 5.09. The predicted octanol–water partition coefficient (Wildman–Crippen LogP) is 2.23. The summed E-state index contributed by atoms with van der Waals surface area (Å²) in [6, 6.07) is 6.44. The van der Waals surface area contributed by atoms with Gasteiger partial charge in [-0.25, -0.2) is 0 Å². The molecule has 2 aromatic heterocycles. The van der Waals surface area contributed by atoms with Gasteiger partial charge in [-0.3, -0.25) is 9.67 Å². The second-order valence-electron chi connectivity index (χ2n) is 4.45. The van der Waals surface area contributed by atoms with Crippen LogP contribution in [0.5, 0.6) is 0 Å². The average molecular weight is 244 g/mol. The van der Waals surface area contributed by atoms with Crippen molar-refractivity contribution in [2.24, 2.45) is 7.05 Å². The Labute approximate surface area is 108 Å². The van der Waals surface area contributed by atoms with Gasteiger partial charge < -0.3 is 5.32 Å². The third-order valence-corrected chi connectivity index (χ3v) is 3.24. The van der Waals surface area contributed by atoms with Crippen LogP contribution >= 0.6 is 0 Å². The summed E-state index contributed by atoms with van der Waals surface area (Å²) in [4.78, 5) is 4.44. The lowest BCUT2D eigenvalue weighted by molar-refractivity contribution is 0.524. The van der Waals surface area contributed by atoms with E-state index in [1.165, 1.54) is 11.3 Å². The molecule has 18 heavy (non-hydrogen) atoms. The quantitative estimate of drug-likeness (QED) is 0.877. The van der Waals surface area contributed by atoms with Gasteiger partial charge in [0.25, 0.3) is 0 Å². The van der Waals surface area contributed by atoms with Crippen molar-refractivity contribution in [2.75, 3.05) is 0 Å². The van der Waals surface area contributed by atoms with E-state index in [1.807, 2.05) is 36.3 Å². The van der Waals surface area contributed by atoms with Crippen molar-refractivity contribution >= 4 is 0 Å². The number of hydrogen-bond donors (Lipinski definition) is 1. The van der Waals surface area contributed by atoms with Crippen LogP contribution in [0, 0.1) is 0 Å². The molecule has 0 aliphatic carbocycles. The largest absolute Gasteiger partial charge is 0.303 e. The van der Waals surface area contributed by atoms with Crippen molar-refractivity contribution in [3.05, 3.63) is 47.5 Å². The molecule has 0 aromatic carbocycles. The van der Waals surface area contributed by atoms with Gasteiger partial charge in [-0.2, -0.15) is 5.10 Å². The van der Waals surface area contributed by atoms with E-state index in [4.69, 9.17) is 0 Å². The summed E-state index contributed by atoms with van der Waals surface area (Å²) in [6.07, 6.45) is 4.70. The number of hydrogen-bond acceptors (Lipinski definition) is 3. The molecule has 0 bridgehead atoms. The van der Waals surface area contributed by atoms with Crippen molar-refractivity contribution in [3.63, 3.8) is 0 Å². The Kier molecular flexibility index (Phi) is 4.10. The molecule has 0 radical (unpaired) electrons. The Morgan fingerprint density at radius 2 is 2.17 bits per heavy atom. The van der Waals surface area contributed by atoms with Gasteiger partial charge in [-0.15, -0.1) is 0 Å². The summed E-state index contributed by atoms with van der Waals surface area (Å²) in [5, 5.41) is 7.68. The highest BCUT2D eigenvalue weighted by atomic mass is 15.3. The molecule has 0 fully saturated rings. The topological polar surface area (TPSA) is 42.7 Å². The molecule has 1 unspecified atom stereocenters. The Balaban J connectivity index is 2.01. The molecule has 4 heteroatoms. The minimum atomic E-state index is 0.268. The van der Waals surface area contributed by atoms with Gasteiger partial charge >= 0.3 is 0 Å². The molecular formula is C14H20N4. The fraction of sp³-hybridized carbons (Fsp3) is 0.429. The van der Waals surface area contributed by atoms with E-state index in [9.17, 15) is 0 Å². The number of aromatic nitrogens is 3. The maximum Gasteiger partial charge on any atom is 0.0573 e. The smallest absolute Gasteiger partial charge is 0.0573 e. The second-order valence-corrected chi connectivity index (χ2v) is 4.45. The van der Waals surface area contributed by atoms with Crippen LogP contribution in [0.3, 0.4) is 0 Å². The van der Waals surface area contributed by atoms with Gasteiger partial charge in [0.15, 0.2) is 0 Å². The predicted molar refractivity (Wildman–Crippen MR) is 72.1 cm³/mol. The summed E-state index contributed by atoms with van der Waals surface area (Å²) < 4.78 is 1.90. The highest BCUT2D eigenvalue weighted by Gasteiger charge is 2.09. The first-order chi connectivity index (χ1) is 8.72. The Morgan fingerprint density at radius 3 is 2.83 bits per heavy atom. The van der Waals surface area contributed by atoms with Gasteiger partial charge in [-0.05, 0) is 31.0 Å². The summed E-state index contributed by atoms with van der Waals surface area (Å²) in [5.74, 6) is 0. The Morgan fingerprint density at radius 1 is 1.33 bits per heavy atom. The highest BCUT2D eigenvalue weighted by Crippen LogP contribution is 2.12. The standard InChI is InChI=1S/C14H20N4/c1-4-12-6-5-8-15-13(12)10-16-11(2)14-7-9-17-18(14)3/h5-9,11,16H,4,10H2,1-3H3. The zero-order valence-electron chi connectivity index (χ0n) is 11.2. The molecule has 0 aliphatic heterocycles. The molecule has 2 rings (SSSR count). The Hall–Kier alpha value is -1.68. The van der Waals surface area contributed by atoms with Crippen molar-refractivity contribution in [3.8, 4) is 0 Å². The molecule has 0 spiro atoms. The maximum atomic E-state index is 4.44. The van der Waals surface area contributed by atoms with Crippen LogP contribution < -0.4 is 5.32 Å². The van der Waals surface area contributed by atoms with Gasteiger partial charge in [0.1, 0.15) is 0 Å². The summed E-state index contributed by atoms with van der Waals surface area (Å²) in [7, 11) is 1.96. The fourth-order valence-corrected chi connectivity index (χ4v) is 2.12. The molecule has 0 saturated heterocycles. The van der Waals surface area contributed by atoms with Crippen molar-refractivity contribution in [2.45, 2.75) is 32.9 Å². The highest BCUT2D eigenvalue weighted by molar-refractivity contribution is 5.19. The van der Waals surface area contributed by atoms with Gasteiger partial charge in [0, 0.05) is 32.0 Å². The first-order valence-electron chi connectivity index (χ1n) is 6.36. The Bertz CT molecular complexity index is 504. The van der Waals surface area contributed by atoms with Gasteiger partial charge in [0.05, 0.1) is 11.4 Å². The molecule has 0 amide bonds.